The summed E-state index contributed by atoms with van der Waals surface area (Å²) in [5.41, 5.74) is 2.53. The van der Waals surface area contributed by atoms with Crippen molar-refractivity contribution in [2.75, 3.05) is 21.2 Å². The summed E-state index contributed by atoms with van der Waals surface area (Å²) in [6.45, 7) is 0. The van der Waals surface area contributed by atoms with Crippen LogP contribution < -0.4 is 16.0 Å². The van der Waals surface area contributed by atoms with Crippen LogP contribution in [0, 0.1) is 11.6 Å². The summed E-state index contributed by atoms with van der Waals surface area (Å²) in [5.74, 6) is 3.96. The van der Waals surface area contributed by atoms with Crippen LogP contribution in [-0.2, 0) is 0 Å². The lowest BCUT2D eigenvalue weighted by Crippen LogP contribution is -2.38. The first-order valence-electron chi connectivity index (χ1n) is 4.66. The van der Waals surface area contributed by atoms with E-state index in [0.29, 0.717) is 0 Å². The summed E-state index contributed by atoms with van der Waals surface area (Å²) in [5, 5.41) is 0. The maximum atomic E-state index is 13.6. The SMILES string of the molecule is COc1cc(F)c(C(NN)N(C)C)cc1F. The van der Waals surface area contributed by atoms with Crippen LogP contribution in [0.1, 0.15) is 11.7 Å². The topological polar surface area (TPSA) is 50.5 Å². The van der Waals surface area contributed by atoms with E-state index in [-0.39, 0.29) is 11.3 Å². The van der Waals surface area contributed by atoms with Gasteiger partial charge in [-0.15, -0.1) is 0 Å². The van der Waals surface area contributed by atoms with E-state index in [4.69, 9.17) is 5.84 Å². The molecule has 6 heteroatoms. The Bertz CT molecular complexity index is 371. The molecule has 1 aromatic rings. The van der Waals surface area contributed by atoms with Crippen molar-refractivity contribution in [1.29, 1.82) is 0 Å². The Labute approximate surface area is 93.0 Å². The number of nitrogens with zero attached hydrogens (tertiary/aromatic N) is 1. The molecule has 0 bridgehead atoms. The lowest BCUT2D eigenvalue weighted by atomic mass is 10.1. The number of hydrogen-bond donors (Lipinski definition) is 2. The van der Waals surface area contributed by atoms with Crippen LogP contribution in [0.15, 0.2) is 12.1 Å². The molecule has 3 N–H and O–H groups in total. The van der Waals surface area contributed by atoms with Gasteiger partial charge in [0.05, 0.1) is 7.11 Å². The normalized spacial score (nSPS) is 12.9. The second kappa shape index (κ2) is 5.20. The van der Waals surface area contributed by atoms with Gasteiger partial charge in [-0.25, -0.2) is 14.2 Å². The molecular formula is C10H15F2N3O. The van der Waals surface area contributed by atoms with Gasteiger partial charge in [0.1, 0.15) is 12.0 Å². The van der Waals surface area contributed by atoms with Crippen molar-refractivity contribution in [3.05, 3.63) is 29.3 Å². The molecule has 1 atom stereocenters. The summed E-state index contributed by atoms with van der Waals surface area (Å²) in [7, 11) is 4.68. The third kappa shape index (κ3) is 2.46. The van der Waals surface area contributed by atoms with Gasteiger partial charge in [0.25, 0.3) is 0 Å². The highest BCUT2D eigenvalue weighted by atomic mass is 19.1. The fourth-order valence-electron chi connectivity index (χ4n) is 1.43. The van der Waals surface area contributed by atoms with E-state index in [2.05, 4.69) is 10.2 Å². The first kappa shape index (κ1) is 12.8. The largest absolute Gasteiger partial charge is 0.494 e. The number of rotatable bonds is 4. The molecule has 0 heterocycles. The molecule has 1 aromatic carbocycles. The molecule has 90 valence electrons. The lowest BCUT2D eigenvalue weighted by molar-refractivity contribution is 0.245. The Balaban J connectivity index is 3.18. The fourth-order valence-corrected chi connectivity index (χ4v) is 1.43. The van der Waals surface area contributed by atoms with Gasteiger partial charge in [-0.05, 0) is 20.2 Å². The second-order valence-electron chi connectivity index (χ2n) is 3.54. The number of hydrazine groups is 1. The number of methoxy groups -OCH3 is 1. The van der Waals surface area contributed by atoms with Crippen LogP contribution in [0.4, 0.5) is 8.78 Å². The minimum Gasteiger partial charge on any atom is -0.494 e. The third-order valence-electron chi connectivity index (χ3n) is 2.24. The van der Waals surface area contributed by atoms with Crippen molar-refractivity contribution in [1.82, 2.24) is 10.3 Å². The molecule has 1 unspecified atom stereocenters. The Morgan fingerprint density at radius 1 is 1.31 bits per heavy atom. The van der Waals surface area contributed by atoms with E-state index in [1.165, 1.54) is 7.11 Å². The molecule has 0 fully saturated rings. The predicted molar refractivity (Wildman–Crippen MR) is 56.7 cm³/mol. The fraction of sp³-hybridized carbons (Fsp3) is 0.400. The summed E-state index contributed by atoms with van der Waals surface area (Å²) in [4.78, 5) is 1.63. The average molecular weight is 231 g/mol. The zero-order valence-corrected chi connectivity index (χ0v) is 9.42. The van der Waals surface area contributed by atoms with Gasteiger partial charge in [0.2, 0.25) is 0 Å². The highest BCUT2D eigenvalue weighted by Crippen LogP contribution is 2.25. The molecule has 0 saturated heterocycles. The van der Waals surface area contributed by atoms with E-state index in [1.54, 1.807) is 19.0 Å². The van der Waals surface area contributed by atoms with Crippen molar-refractivity contribution in [3.8, 4) is 5.75 Å². The predicted octanol–water partition coefficient (Wildman–Crippen LogP) is 0.997. The number of nitrogens with one attached hydrogen (secondary N) is 1. The maximum absolute atomic E-state index is 13.6. The summed E-state index contributed by atoms with van der Waals surface area (Å²) in [6.07, 6.45) is -0.597. The van der Waals surface area contributed by atoms with Crippen LogP contribution in [0.25, 0.3) is 0 Å². The standard InChI is InChI=1S/C10H15F2N3O/c1-15(2)10(14-13)6-4-8(12)9(16-3)5-7(6)11/h4-5,10,14H,13H2,1-3H3. The third-order valence-corrected chi connectivity index (χ3v) is 2.24. The molecule has 0 amide bonds. The van der Waals surface area contributed by atoms with Crippen molar-refractivity contribution >= 4 is 0 Å². The molecule has 0 aliphatic rings. The van der Waals surface area contributed by atoms with E-state index in [0.717, 1.165) is 12.1 Å². The van der Waals surface area contributed by atoms with E-state index >= 15 is 0 Å². The molecule has 0 spiro atoms. The van der Waals surface area contributed by atoms with Gasteiger partial charge >= 0.3 is 0 Å². The number of ether oxygens (including phenoxy) is 1. The van der Waals surface area contributed by atoms with Gasteiger partial charge in [-0.3, -0.25) is 10.7 Å². The molecular weight excluding hydrogens is 216 g/mol. The Morgan fingerprint density at radius 3 is 2.38 bits per heavy atom. The second-order valence-corrected chi connectivity index (χ2v) is 3.54. The van der Waals surface area contributed by atoms with Gasteiger partial charge in [-0.1, -0.05) is 0 Å². The van der Waals surface area contributed by atoms with Gasteiger partial charge < -0.3 is 4.74 Å². The molecule has 0 aliphatic carbocycles. The highest BCUT2D eigenvalue weighted by molar-refractivity contribution is 5.32. The number of halogens is 2. The average Bonchev–Trinajstić information content (AvgIpc) is 2.23. The van der Waals surface area contributed by atoms with Crippen LogP contribution in [0.3, 0.4) is 0 Å². The van der Waals surface area contributed by atoms with Crippen LogP contribution in [0.5, 0.6) is 5.75 Å². The van der Waals surface area contributed by atoms with E-state index < -0.39 is 17.8 Å². The number of nitrogens with two attached hydrogens (primary N) is 1. The molecule has 4 nitrogen and oxygen atoms in total. The first-order chi connectivity index (χ1) is 7.51. The van der Waals surface area contributed by atoms with E-state index in [1.807, 2.05) is 0 Å². The van der Waals surface area contributed by atoms with Gasteiger partial charge in [-0.2, -0.15) is 0 Å². The monoisotopic (exact) mass is 231 g/mol. The molecule has 0 radical (unpaired) electrons. The van der Waals surface area contributed by atoms with Crippen molar-refractivity contribution in [3.63, 3.8) is 0 Å². The zero-order chi connectivity index (χ0) is 12.3. The van der Waals surface area contributed by atoms with Crippen molar-refractivity contribution in [2.45, 2.75) is 6.17 Å². The Morgan fingerprint density at radius 2 is 1.94 bits per heavy atom. The Hall–Kier alpha value is -1.24. The summed E-state index contributed by atoms with van der Waals surface area (Å²) < 4.78 is 31.7. The quantitative estimate of drug-likeness (QED) is 0.461. The van der Waals surface area contributed by atoms with E-state index in [9.17, 15) is 8.78 Å². The van der Waals surface area contributed by atoms with Gasteiger partial charge in [0.15, 0.2) is 11.6 Å². The number of hydrogen-bond acceptors (Lipinski definition) is 4. The number of benzene rings is 1. The van der Waals surface area contributed by atoms with Gasteiger partial charge in [0, 0.05) is 11.6 Å². The summed E-state index contributed by atoms with van der Waals surface area (Å²) in [6, 6.07) is 2.07. The smallest absolute Gasteiger partial charge is 0.165 e. The van der Waals surface area contributed by atoms with Crippen LogP contribution in [0.2, 0.25) is 0 Å². The maximum Gasteiger partial charge on any atom is 0.165 e. The summed E-state index contributed by atoms with van der Waals surface area (Å²) >= 11 is 0. The molecule has 1 rings (SSSR count). The highest BCUT2D eigenvalue weighted by Gasteiger charge is 2.19. The minimum absolute atomic E-state index is 0.129. The van der Waals surface area contributed by atoms with Crippen molar-refractivity contribution < 1.29 is 13.5 Å². The van der Waals surface area contributed by atoms with Crippen molar-refractivity contribution in [2.24, 2.45) is 5.84 Å². The first-order valence-corrected chi connectivity index (χ1v) is 4.66. The molecule has 16 heavy (non-hydrogen) atoms. The molecule has 0 aliphatic heterocycles. The minimum atomic E-state index is -0.624. The molecule has 0 aromatic heterocycles. The lowest BCUT2D eigenvalue weighted by Gasteiger charge is -2.24. The van der Waals surface area contributed by atoms with Crippen LogP contribution in [-0.4, -0.2) is 26.1 Å². The molecule has 0 saturated carbocycles. The zero-order valence-electron chi connectivity index (χ0n) is 9.42. The Kier molecular flexibility index (Phi) is 4.17. The van der Waals surface area contributed by atoms with Crippen LogP contribution >= 0.6 is 0 Å².